The Bertz CT molecular complexity index is 2440. The molecule has 0 bridgehead atoms. The topological polar surface area (TPSA) is 9.23 Å². The molecule has 7 aromatic carbocycles. The molecule has 0 heterocycles. The maximum absolute atomic E-state index is 6.99. The first-order valence-electron chi connectivity index (χ1n) is 28.5. The lowest BCUT2D eigenvalue weighted by Gasteiger charge is -2.24. The van der Waals surface area contributed by atoms with Gasteiger partial charge in [0.2, 0.25) is 0 Å². The number of methoxy groups -OCH3 is 1. The average molecular weight is 1000 g/mol. The predicted octanol–water partition coefficient (Wildman–Crippen LogP) is 21.6. The van der Waals surface area contributed by atoms with Crippen molar-refractivity contribution >= 4 is 59.0 Å². The Morgan fingerprint density at radius 1 is 0.386 bits per heavy atom. The van der Waals surface area contributed by atoms with E-state index < -0.39 is 0 Å². The number of benzene rings is 7. The number of hydrogen-bond donors (Lipinski definition) is 0. The van der Waals surface area contributed by atoms with Crippen LogP contribution in [0.5, 0.6) is 5.75 Å². The van der Waals surface area contributed by atoms with Crippen LogP contribution in [0.1, 0.15) is 186 Å². The van der Waals surface area contributed by atoms with Crippen molar-refractivity contribution in [3.8, 4) is 28.0 Å². The highest BCUT2D eigenvalue weighted by atomic mass is 79.9. The molecule has 0 saturated carbocycles. The van der Waals surface area contributed by atoms with Crippen molar-refractivity contribution in [2.75, 3.05) is 7.11 Å². The minimum absolute atomic E-state index is 0.671. The third-order valence-corrected chi connectivity index (χ3v) is 17.3. The Labute approximate surface area is 434 Å². The Morgan fingerprint density at radius 2 is 0.671 bits per heavy atom. The number of ether oxygens (including phenoxy) is 1. The molecule has 0 fully saturated rings. The lowest BCUT2D eigenvalue weighted by Crippen LogP contribution is -2.06. The molecule has 0 aliphatic heterocycles. The molecule has 0 spiro atoms. The number of alkyl halides is 1. The summed E-state index contributed by atoms with van der Waals surface area (Å²) in [5.41, 5.74) is 12.2. The van der Waals surface area contributed by atoms with Gasteiger partial charge in [-0.2, -0.15) is 0 Å². The highest BCUT2D eigenvalue weighted by molar-refractivity contribution is 9.08. The number of hydrogen-bond acceptors (Lipinski definition) is 1. The van der Waals surface area contributed by atoms with E-state index in [9.17, 15) is 0 Å². The van der Waals surface area contributed by atoms with Crippen LogP contribution >= 0.6 is 15.9 Å². The van der Waals surface area contributed by atoms with Crippen LogP contribution in [0.25, 0.3) is 65.3 Å². The fourth-order valence-corrected chi connectivity index (χ4v) is 12.6. The largest absolute Gasteiger partial charge is 0.495 e. The quantitative estimate of drug-likeness (QED) is 0.0351. The number of fused-ring (bicyclic) bond motifs is 4. The summed E-state index contributed by atoms with van der Waals surface area (Å²) >= 11 is 4.04. The van der Waals surface area contributed by atoms with Gasteiger partial charge >= 0.3 is 0 Å². The second kappa shape index (κ2) is 26.5. The summed E-state index contributed by atoms with van der Waals surface area (Å²) in [7, 11) is 1.93. The smallest absolute Gasteiger partial charge is 0.134 e. The zero-order valence-corrected chi connectivity index (χ0v) is 46.8. The Morgan fingerprint density at radius 3 is 0.900 bits per heavy atom. The average Bonchev–Trinajstić information content (AvgIpc) is 3.39. The summed E-state index contributed by atoms with van der Waals surface area (Å²) in [6, 6.07) is 38.9. The van der Waals surface area contributed by atoms with Gasteiger partial charge in [0.1, 0.15) is 5.75 Å². The molecular weight excluding hydrogens is 913 g/mol. The molecule has 0 aliphatic rings. The van der Waals surface area contributed by atoms with Crippen LogP contribution in [0, 0.1) is 23.7 Å². The van der Waals surface area contributed by atoms with Crippen molar-refractivity contribution in [3.05, 3.63) is 125 Å². The van der Waals surface area contributed by atoms with Gasteiger partial charge in [-0.1, -0.05) is 247 Å². The van der Waals surface area contributed by atoms with Crippen molar-refractivity contribution in [2.45, 2.75) is 189 Å². The highest BCUT2D eigenvalue weighted by Crippen LogP contribution is 2.50. The van der Waals surface area contributed by atoms with Crippen LogP contribution < -0.4 is 4.74 Å². The molecule has 4 unspecified atom stereocenters. The molecule has 7 aromatic rings. The van der Waals surface area contributed by atoms with Crippen LogP contribution in [0.4, 0.5) is 0 Å². The maximum atomic E-state index is 6.99. The Hall–Kier alpha value is -4.14. The second-order valence-electron chi connectivity index (χ2n) is 21.4. The van der Waals surface area contributed by atoms with Crippen molar-refractivity contribution in [3.63, 3.8) is 0 Å². The summed E-state index contributed by atoms with van der Waals surface area (Å²) in [6.07, 6.45) is 24.6. The molecule has 0 aliphatic carbocycles. The van der Waals surface area contributed by atoms with Gasteiger partial charge in [0.05, 0.1) is 7.11 Å². The summed E-state index contributed by atoms with van der Waals surface area (Å²) in [5.74, 6) is 3.66. The van der Waals surface area contributed by atoms with Crippen molar-refractivity contribution in [1.82, 2.24) is 0 Å². The summed E-state index contributed by atoms with van der Waals surface area (Å²) in [4.78, 5) is 0. The molecule has 0 amide bonds. The van der Waals surface area contributed by atoms with Gasteiger partial charge in [-0.25, -0.2) is 0 Å². The highest BCUT2D eigenvalue weighted by Gasteiger charge is 2.26. The molecule has 7 rings (SSSR count). The minimum atomic E-state index is 0.671. The molecule has 0 saturated heterocycles. The van der Waals surface area contributed by atoms with Crippen molar-refractivity contribution < 1.29 is 4.74 Å². The van der Waals surface area contributed by atoms with E-state index in [0.717, 1.165) is 36.8 Å². The first-order chi connectivity index (χ1) is 34.3. The minimum Gasteiger partial charge on any atom is -0.495 e. The standard InChI is InChI=1S/C68H89BrO/c1-10-18-26-47(14-5)38-52-30-22-34-56-60(52)44-61-53(39-48(15-6)27-19-11-2)31-23-35-57(61)66(56)64-42-51(46-69)43-65(68(64)70-9)67-58-36-24-32-54(40-49(16-7)28-20-12-3)62(58)45-63-55(33-25-37-59(63)67)41-50(17-8)29-21-13-4/h22-25,30-37,42-45,47-50H,10-21,26-29,38-41,46H2,1-9H3. The van der Waals surface area contributed by atoms with Gasteiger partial charge in [-0.05, 0) is 145 Å². The van der Waals surface area contributed by atoms with Crippen LogP contribution in [0.15, 0.2) is 97.1 Å². The molecule has 2 heteroatoms. The summed E-state index contributed by atoms with van der Waals surface area (Å²) < 4.78 is 6.99. The van der Waals surface area contributed by atoms with Crippen LogP contribution in [0.2, 0.25) is 0 Å². The molecule has 70 heavy (non-hydrogen) atoms. The number of rotatable bonds is 28. The van der Waals surface area contributed by atoms with E-state index in [1.165, 1.54) is 196 Å². The zero-order valence-electron chi connectivity index (χ0n) is 45.2. The Balaban J connectivity index is 1.58. The molecule has 0 radical (unpaired) electrons. The normalized spacial score (nSPS) is 13.7. The summed E-state index contributed by atoms with van der Waals surface area (Å²) in [5, 5.41) is 11.7. The number of halogens is 1. The van der Waals surface area contributed by atoms with Crippen LogP contribution in [-0.4, -0.2) is 7.11 Å². The van der Waals surface area contributed by atoms with Crippen molar-refractivity contribution in [1.29, 1.82) is 0 Å². The zero-order chi connectivity index (χ0) is 49.6. The van der Waals surface area contributed by atoms with Crippen molar-refractivity contribution in [2.24, 2.45) is 23.7 Å². The molecular formula is C68H89BrO. The first kappa shape index (κ1) is 53.7. The molecule has 4 atom stereocenters. The van der Waals surface area contributed by atoms with E-state index in [1.807, 2.05) is 7.11 Å². The van der Waals surface area contributed by atoms with Gasteiger partial charge in [0.15, 0.2) is 0 Å². The fourth-order valence-electron chi connectivity index (χ4n) is 12.3. The van der Waals surface area contributed by atoms with E-state index in [4.69, 9.17) is 4.74 Å². The van der Waals surface area contributed by atoms with E-state index >= 15 is 0 Å². The molecule has 0 N–H and O–H groups in total. The van der Waals surface area contributed by atoms with Gasteiger partial charge in [-0.3, -0.25) is 0 Å². The molecule has 374 valence electrons. The third-order valence-electron chi connectivity index (χ3n) is 16.7. The predicted molar refractivity (Wildman–Crippen MR) is 315 cm³/mol. The molecule has 0 aromatic heterocycles. The van der Waals surface area contributed by atoms with Gasteiger partial charge in [0.25, 0.3) is 0 Å². The van der Waals surface area contributed by atoms with Gasteiger partial charge in [-0.15, -0.1) is 0 Å². The summed E-state index contributed by atoms with van der Waals surface area (Å²) in [6.45, 7) is 18.9. The monoisotopic (exact) mass is 1000 g/mol. The lowest BCUT2D eigenvalue weighted by molar-refractivity contribution is 0.418. The third kappa shape index (κ3) is 12.2. The Kier molecular flexibility index (Phi) is 20.3. The van der Waals surface area contributed by atoms with Gasteiger partial charge in [0, 0.05) is 27.6 Å². The van der Waals surface area contributed by atoms with Gasteiger partial charge < -0.3 is 4.74 Å². The SMILES string of the molecule is CCCCC(CC)Cc1cccc2c(-c3cc(CBr)cc(-c4c5cccc(CC(CC)CCCC)c5cc5c(CC(CC)CCCC)cccc45)c3OC)c3cccc(CC(CC)CCCC)c3cc12. The van der Waals surface area contributed by atoms with Crippen LogP contribution in [0.3, 0.4) is 0 Å². The second-order valence-corrected chi connectivity index (χ2v) is 22.0. The fraction of sp³-hybridized carbons (Fsp3) is 0.500. The lowest BCUT2D eigenvalue weighted by atomic mass is 9.81. The van der Waals surface area contributed by atoms with Crippen LogP contribution in [-0.2, 0) is 31.0 Å². The number of unbranched alkanes of at least 4 members (excludes halogenated alkanes) is 4. The van der Waals surface area contributed by atoms with E-state index in [0.29, 0.717) is 23.7 Å². The first-order valence-corrected chi connectivity index (χ1v) is 29.6. The van der Waals surface area contributed by atoms with E-state index in [-0.39, 0.29) is 0 Å². The van der Waals surface area contributed by atoms with E-state index in [2.05, 4.69) is 168 Å². The molecule has 1 nitrogen and oxygen atoms in total. The maximum Gasteiger partial charge on any atom is 0.134 e. The van der Waals surface area contributed by atoms with E-state index in [1.54, 1.807) is 0 Å².